The standard InChI is InChI=1S/C23H19F3N6O/c24-23(25,26)22-27-19-8-4-3-7-18(19)21(28-22)33-13-14-9-11-15(12-10-14)16-5-1-2-6-17(16)20-29-31-32-30-20/h1-2,5-6,9-12H,3-4,7-8,13H2,(H,29,30,31,32). The number of aryl methyl sites for hydroxylation is 1. The Bertz CT molecular complexity index is 1260. The molecule has 0 unspecified atom stereocenters. The molecule has 1 aliphatic rings. The van der Waals surface area contributed by atoms with Crippen LogP contribution in [0.15, 0.2) is 48.5 Å². The molecule has 0 atom stereocenters. The minimum atomic E-state index is -4.61. The van der Waals surface area contributed by atoms with Gasteiger partial charge in [0, 0.05) is 11.1 Å². The number of ether oxygens (including phenoxy) is 1. The van der Waals surface area contributed by atoms with E-state index in [1.165, 1.54) is 0 Å². The molecule has 0 aliphatic heterocycles. The summed E-state index contributed by atoms with van der Waals surface area (Å²) in [5.41, 5.74) is 4.69. The molecule has 7 nitrogen and oxygen atoms in total. The zero-order chi connectivity index (χ0) is 22.8. The van der Waals surface area contributed by atoms with Crippen LogP contribution in [0.5, 0.6) is 5.88 Å². The maximum absolute atomic E-state index is 13.2. The van der Waals surface area contributed by atoms with E-state index in [-0.39, 0.29) is 12.5 Å². The first-order valence-corrected chi connectivity index (χ1v) is 10.5. The molecular weight excluding hydrogens is 433 g/mol. The molecule has 2 aromatic carbocycles. The van der Waals surface area contributed by atoms with Crippen LogP contribution in [0.1, 0.15) is 35.5 Å². The minimum Gasteiger partial charge on any atom is -0.473 e. The van der Waals surface area contributed by atoms with Gasteiger partial charge >= 0.3 is 6.18 Å². The third kappa shape index (κ3) is 4.41. The van der Waals surface area contributed by atoms with Gasteiger partial charge in [-0.05, 0) is 52.8 Å². The lowest BCUT2D eigenvalue weighted by Crippen LogP contribution is -2.18. The highest BCUT2D eigenvalue weighted by Crippen LogP contribution is 2.34. The maximum atomic E-state index is 13.2. The molecule has 5 rings (SSSR count). The fourth-order valence-corrected chi connectivity index (χ4v) is 3.95. The van der Waals surface area contributed by atoms with Gasteiger partial charge in [-0.2, -0.15) is 18.2 Å². The zero-order valence-electron chi connectivity index (χ0n) is 17.4. The summed E-state index contributed by atoms with van der Waals surface area (Å²) < 4.78 is 45.5. The Balaban J connectivity index is 1.38. The van der Waals surface area contributed by atoms with Crippen LogP contribution in [0.25, 0.3) is 22.5 Å². The van der Waals surface area contributed by atoms with E-state index in [0.717, 1.165) is 35.1 Å². The second-order valence-corrected chi connectivity index (χ2v) is 7.76. The first-order chi connectivity index (χ1) is 16.0. The Morgan fingerprint density at radius 2 is 1.67 bits per heavy atom. The number of aromatic amines is 1. The largest absolute Gasteiger partial charge is 0.473 e. The Kier molecular flexibility index (Phi) is 5.49. The van der Waals surface area contributed by atoms with Gasteiger partial charge in [-0.15, -0.1) is 5.10 Å². The van der Waals surface area contributed by atoms with Crippen molar-refractivity contribution in [2.75, 3.05) is 0 Å². The number of aromatic nitrogens is 6. The average molecular weight is 452 g/mol. The molecule has 0 saturated heterocycles. The van der Waals surface area contributed by atoms with Crippen LogP contribution in [-0.4, -0.2) is 30.6 Å². The molecule has 4 aromatic rings. The van der Waals surface area contributed by atoms with Crippen molar-refractivity contribution in [1.82, 2.24) is 30.6 Å². The summed E-state index contributed by atoms with van der Waals surface area (Å²) in [6.45, 7) is 0.106. The van der Waals surface area contributed by atoms with E-state index in [4.69, 9.17) is 4.74 Å². The highest BCUT2D eigenvalue weighted by Gasteiger charge is 2.37. The molecule has 1 N–H and O–H groups in total. The summed E-state index contributed by atoms with van der Waals surface area (Å²) in [6, 6.07) is 15.3. The molecule has 0 amide bonds. The lowest BCUT2D eigenvalue weighted by molar-refractivity contribution is -0.145. The van der Waals surface area contributed by atoms with Gasteiger partial charge in [0.25, 0.3) is 0 Å². The van der Waals surface area contributed by atoms with Crippen molar-refractivity contribution in [3.8, 4) is 28.4 Å². The predicted octanol–water partition coefficient (Wildman–Crippen LogP) is 4.80. The number of halogens is 3. The number of tetrazole rings is 1. The molecule has 1 aliphatic carbocycles. The molecule has 0 bridgehead atoms. The third-order valence-electron chi connectivity index (χ3n) is 5.57. The van der Waals surface area contributed by atoms with Crippen LogP contribution in [-0.2, 0) is 25.6 Å². The van der Waals surface area contributed by atoms with Gasteiger partial charge < -0.3 is 4.74 Å². The SMILES string of the molecule is FC(F)(F)c1nc2c(c(OCc3ccc(-c4ccccc4-c4nnn[nH]4)cc3)n1)CCCC2. The number of H-pyrrole nitrogens is 1. The number of hydrogen-bond donors (Lipinski definition) is 1. The van der Waals surface area contributed by atoms with E-state index in [1.54, 1.807) is 0 Å². The molecule has 2 heterocycles. The van der Waals surface area contributed by atoms with Crippen molar-refractivity contribution in [1.29, 1.82) is 0 Å². The van der Waals surface area contributed by atoms with Gasteiger partial charge in [0.1, 0.15) is 6.61 Å². The van der Waals surface area contributed by atoms with Gasteiger partial charge in [0.05, 0.1) is 5.69 Å². The summed E-state index contributed by atoms with van der Waals surface area (Å²) in [6.07, 6.45) is -1.79. The zero-order valence-corrected chi connectivity index (χ0v) is 17.4. The van der Waals surface area contributed by atoms with Crippen LogP contribution in [0, 0.1) is 0 Å². The van der Waals surface area contributed by atoms with E-state index in [1.807, 2.05) is 48.5 Å². The quantitative estimate of drug-likeness (QED) is 0.468. The number of fused-ring (bicyclic) bond motifs is 1. The van der Waals surface area contributed by atoms with Crippen molar-refractivity contribution in [2.45, 2.75) is 38.5 Å². The summed E-state index contributed by atoms with van der Waals surface area (Å²) in [5, 5.41) is 14.0. The van der Waals surface area contributed by atoms with Crippen LogP contribution >= 0.6 is 0 Å². The van der Waals surface area contributed by atoms with E-state index in [0.29, 0.717) is 29.9 Å². The Morgan fingerprint density at radius 3 is 2.39 bits per heavy atom. The van der Waals surface area contributed by atoms with Crippen molar-refractivity contribution in [3.05, 3.63) is 71.2 Å². The second kappa shape index (κ2) is 8.61. The van der Waals surface area contributed by atoms with Crippen molar-refractivity contribution < 1.29 is 17.9 Å². The smallest absolute Gasteiger partial charge is 0.451 e. The van der Waals surface area contributed by atoms with Gasteiger partial charge in [0.2, 0.25) is 11.7 Å². The lowest BCUT2D eigenvalue weighted by atomic mass is 9.97. The average Bonchev–Trinajstić information content (AvgIpc) is 3.37. The monoisotopic (exact) mass is 452 g/mol. The minimum absolute atomic E-state index is 0.0271. The van der Waals surface area contributed by atoms with Gasteiger partial charge in [0.15, 0.2) is 5.82 Å². The fraction of sp³-hybridized carbons (Fsp3) is 0.261. The summed E-state index contributed by atoms with van der Waals surface area (Å²) >= 11 is 0. The van der Waals surface area contributed by atoms with Gasteiger partial charge in [-0.1, -0.05) is 48.5 Å². The summed E-state index contributed by atoms with van der Waals surface area (Å²) in [7, 11) is 0. The number of nitrogens with zero attached hydrogens (tertiary/aromatic N) is 5. The van der Waals surface area contributed by atoms with Crippen LogP contribution in [0.3, 0.4) is 0 Å². The second-order valence-electron chi connectivity index (χ2n) is 7.76. The first-order valence-electron chi connectivity index (χ1n) is 10.5. The highest BCUT2D eigenvalue weighted by atomic mass is 19.4. The fourth-order valence-electron chi connectivity index (χ4n) is 3.95. The lowest BCUT2D eigenvalue weighted by Gasteiger charge is -2.20. The van der Waals surface area contributed by atoms with E-state index < -0.39 is 12.0 Å². The number of nitrogens with one attached hydrogen (secondary N) is 1. The molecule has 0 saturated carbocycles. The van der Waals surface area contributed by atoms with Crippen LogP contribution < -0.4 is 4.74 Å². The summed E-state index contributed by atoms with van der Waals surface area (Å²) in [4.78, 5) is 7.44. The highest BCUT2D eigenvalue weighted by molar-refractivity contribution is 5.80. The third-order valence-corrected chi connectivity index (χ3v) is 5.57. The molecule has 10 heteroatoms. The predicted molar refractivity (Wildman–Crippen MR) is 113 cm³/mol. The summed E-state index contributed by atoms with van der Waals surface area (Å²) in [5.74, 6) is -0.557. The first kappa shape index (κ1) is 21.0. The van der Waals surface area contributed by atoms with Gasteiger partial charge in [-0.3, -0.25) is 0 Å². The molecule has 33 heavy (non-hydrogen) atoms. The van der Waals surface area contributed by atoms with E-state index in [9.17, 15) is 13.2 Å². The Hall–Kier alpha value is -3.82. The molecule has 168 valence electrons. The molecule has 0 fully saturated rings. The number of benzene rings is 2. The Labute approximate surface area is 187 Å². The number of rotatable bonds is 5. The molecule has 0 spiro atoms. The number of alkyl halides is 3. The molecule has 0 radical (unpaired) electrons. The van der Waals surface area contributed by atoms with Crippen molar-refractivity contribution in [3.63, 3.8) is 0 Å². The topological polar surface area (TPSA) is 89.5 Å². The number of hydrogen-bond acceptors (Lipinski definition) is 6. The van der Waals surface area contributed by atoms with E-state index >= 15 is 0 Å². The van der Waals surface area contributed by atoms with E-state index in [2.05, 4.69) is 30.6 Å². The Morgan fingerprint density at radius 1 is 0.909 bits per heavy atom. The van der Waals surface area contributed by atoms with Crippen molar-refractivity contribution in [2.24, 2.45) is 0 Å². The molecule has 2 aromatic heterocycles. The van der Waals surface area contributed by atoms with Crippen LogP contribution in [0.4, 0.5) is 13.2 Å². The van der Waals surface area contributed by atoms with Gasteiger partial charge in [-0.25, -0.2) is 10.1 Å². The molecular formula is C23H19F3N6O. The van der Waals surface area contributed by atoms with Crippen molar-refractivity contribution >= 4 is 0 Å². The maximum Gasteiger partial charge on any atom is 0.451 e. The normalized spacial score (nSPS) is 13.5. The van der Waals surface area contributed by atoms with Crippen LogP contribution in [0.2, 0.25) is 0 Å².